The van der Waals surface area contributed by atoms with E-state index in [1.165, 1.54) is 17.9 Å². The first-order chi connectivity index (χ1) is 15.3. The quantitative estimate of drug-likeness (QED) is 0.374. The molecule has 4 rings (SSSR count). The number of halogens is 8. The number of carbonyl (C=O) groups excluding carboxylic acids is 1. The fourth-order valence-electron chi connectivity index (χ4n) is 4.57. The lowest BCUT2D eigenvalue weighted by Gasteiger charge is -2.25. The second-order valence-corrected chi connectivity index (χ2v) is 8.95. The van der Waals surface area contributed by atoms with Crippen LogP contribution >= 0.6 is 15.9 Å². The molecule has 0 aliphatic carbocycles. The van der Waals surface area contributed by atoms with Gasteiger partial charge in [0.2, 0.25) is 0 Å². The standard InChI is InChI=1S/C22H17BrF7NO2/c1-10-4-13(21(25,26)27)8-15(18(10)23)16-2-3-17-19(33-20(32)31(16)17)12-5-11(9-24)6-14(7-12)22(28,29)30/h4-8,16-17,19H,2-3,9H2,1H3/t16-,17-,19+/m0/s1. The SMILES string of the molecule is Cc1cc(C(F)(F)F)cc([C@@H]2CC[C@H]3[C@@H](c4cc(CF)cc(C(F)(F)F)c4)OC(=O)N23)c1Br. The first-order valence-corrected chi connectivity index (χ1v) is 10.7. The van der Waals surface area contributed by atoms with E-state index in [0.29, 0.717) is 28.9 Å². The summed E-state index contributed by atoms with van der Waals surface area (Å²) in [4.78, 5) is 14.0. The van der Waals surface area contributed by atoms with Gasteiger partial charge in [-0.3, -0.25) is 4.90 Å². The Labute approximate surface area is 192 Å². The lowest BCUT2D eigenvalue weighted by Crippen LogP contribution is -2.31. The summed E-state index contributed by atoms with van der Waals surface area (Å²) in [7, 11) is 0. The van der Waals surface area contributed by atoms with E-state index in [9.17, 15) is 35.5 Å². The molecule has 2 saturated heterocycles. The average molecular weight is 540 g/mol. The third-order valence-corrected chi connectivity index (χ3v) is 7.09. The van der Waals surface area contributed by atoms with Crippen molar-refractivity contribution in [2.24, 2.45) is 0 Å². The van der Waals surface area contributed by atoms with E-state index >= 15 is 0 Å². The van der Waals surface area contributed by atoms with Gasteiger partial charge in [0.1, 0.15) is 12.8 Å². The van der Waals surface area contributed by atoms with Gasteiger partial charge in [0.25, 0.3) is 0 Å². The Morgan fingerprint density at radius 2 is 1.64 bits per heavy atom. The van der Waals surface area contributed by atoms with Gasteiger partial charge in [-0.25, -0.2) is 9.18 Å². The van der Waals surface area contributed by atoms with E-state index in [2.05, 4.69) is 15.9 Å². The summed E-state index contributed by atoms with van der Waals surface area (Å²) >= 11 is 3.31. The van der Waals surface area contributed by atoms with Crippen molar-refractivity contribution in [3.05, 3.63) is 68.2 Å². The van der Waals surface area contributed by atoms with Crippen molar-refractivity contribution in [2.45, 2.75) is 57.0 Å². The Morgan fingerprint density at radius 3 is 2.24 bits per heavy atom. The third-order valence-electron chi connectivity index (χ3n) is 6.01. The molecule has 3 nitrogen and oxygen atoms in total. The van der Waals surface area contributed by atoms with Crippen molar-refractivity contribution in [1.29, 1.82) is 0 Å². The van der Waals surface area contributed by atoms with Crippen LogP contribution in [0.3, 0.4) is 0 Å². The number of nitrogens with zero attached hydrogens (tertiary/aromatic N) is 1. The molecular formula is C22H17BrF7NO2. The van der Waals surface area contributed by atoms with Crippen LogP contribution in [0.15, 0.2) is 34.8 Å². The number of rotatable bonds is 3. The van der Waals surface area contributed by atoms with E-state index in [-0.39, 0.29) is 16.7 Å². The highest BCUT2D eigenvalue weighted by molar-refractivity contribution is 9.10. The molecule has 33 heavy (non-hydrogen) atoms. The maximum Gasteiger partial charge on any atom is 0.416 e. The van der Waals surface area contributed by atoms with Gasteiger partial charge in [-0.2, -0.15) is 26.3 Å². The Hall–Kier alpha value is -2.30. The number of hydrogen-bond acceptors (Lipinski definition) is 2. The highest BCUT2D eigenvalue weighted by Crippen LogP contribution is 2.50. The molecule has 2 aliphatic heterocycles. The van der Waals surface area contributed by atoms with Gasteiger partial charge in [-0.1, -0.05) is 15.9 Å². The molecule has 2 heterocycles. The van der Waals surface area contributed by atoms with E-state index in [0.717, 1.165) is 18.2 Å². The number of carbonyl (C=O) groups is 1. The lowest BCUT2D eigenvalue weighted by atomic mass is 9.96. The normalized spacial score (nSPS) is 23.1. The van der Waals surface area contributed by atoms with Crippen LogP contribution in [0.5, 0.6) is 0 Å². The molecule has 1 amide bonds. The van der Waals surface area contributed by atoms with Gasteiger partial charge >= 0.3 is 18.4 Å². The van der Waals surface area contributed by atoms with Gasteiger partial charge in [0.15, 0.2) is 0 Å². The molecule has 11 heteroatoms. The van der Waals surface area contributed by atoms with E-state index in [1.54, 1.807) is 0 Å². The minimum Gasteiger partial charge on any atom is -0.439 e. The molecule has 0 saturated carbocycles. The number of hydrogen-bond donors (Lipinski definition) is 0. The molecule has 0 aromatic heterocycles. The summed E-state index contributed by atoms with van der Waals surface area (Å²) < 4.78 is 98.9. The first kappa shape index (κ1) is 23.8. The monoisotopic (exact) mass is 539 g/mol. The average Bonchev–Trinajstić information content (AvgIpc) is 3.29. The van der Waals surface area contributed by atoms with Crippen molar-refractivity contribution in [1.82, 2.24) is 4.90 Å². The molecular weight excluding hydrogens is 523 g/mol. The predicted molar refractivity (Wildman–Crippen MR) is 107 cm³/mol. The maximum absolute atomic E-state index is 13.4. The zero-order valence-corrected chi connectivity index (χ0v) is 18.6. The van der Waals surface area contributed by atoms with E-state index < -0.39 is 54.4 Å². The van der Waals surface area contributed by atoms with Gasteiger partial charge in [0.05, 0.1) is 23.2 Å². The number of aryl methyl sites for hydroxylation is 1. The number of alkyl halides is 7. The largest absolute Gasteiger partial charge is 0.439 e. The van der Waals surface area contributed by atoms with Crippen molar-refractivity contribution >= 4 is 22.0 Å². The predicted octanol–water partition coefficient (Wildman–Crippen LogP) is 7.66. The minimum absolute atomic E-state index is 0.00161. The lowest BCUT2D eigenvalue weighted by molar-refractivity contribution is -0.138. The van der Waals surface area contributed by atoms with E-state index in [4.69, 9.17) is 4.74 Å². The summed E-state index contributed by atoms with van der Waals surface area (Å²) in [5.74, 6) is 0. The molecule has 0 spiro atoms. The van der Waals surface area contributed by atoms with Crippen LogP contribution in [0.4, 0.5) is 35.5 Å². The van der Waals surface area contributed by atoms with Crippen LogP contribution in [0.25, 0.3) is 0 Å². The zero-order chi connectivity index (χ0) is 24.3. The summed E-state index contributed by atoms with van der Waals surface area (Å²) in [6, 6.07) is 3.24. The first-order valence-electron chi connectivity index (χ1n) is 9.94. The van der Waals surface area contributed by atoms with Crippen LogP contribution < -0.4 is 0 Å². The topological polar surface area (TPSA) is 29.5 Å². The smallest absolute Gasteiger partial charge is 0.416 e. The second kappa shape index (κ2) is 8.18. The summed E-state index contributed by atoms with van der Waals surface area (Å²) in [6.45, 7) is 0.368. The van der Waals surface area contributed by atoms with Crippen molar-refractivity contribution in [3.8, 4) is 0 Å². The Bertz CT molecular complexity index is 1100. The Balaban J connectivity index is 1.72. The third kappa shape index (κ3) is 4.31. The molecule has 0 unspecified atom stereocenters. The summed E-state index contributed by atoms with van der Waals surface area (Å²) in [5, 5.41) is 0. The second-order valence-electron chi connectivity index (χ2n) is 8.16. The molecule has 3 atom stereocenters. The number of cyclic esters (lactones) is 1. The molecule has 178 valence electrons. The fourth-order valence-corrected chi connectivity index (χ4v) is 5.06. The number of amides is 1. The van der Waals surface area contributed by atoms with Crippen molar-refractivity contribution in [3.63, 3.8) is 0 Å². The number of fused-ring (bicyclic) bond motifs is 1. The van der Waals surface area contributed by atoms with Gasteiger partial charge in [-0.15, -0.1) is 0 Å². The Kier molecular flexibility index (Phi) is 5.91. The molecule has 0 N–H and O–H groups in total. The van der Waals surface area contributed by atoms with Crippen LogP contribution in [0.2, 0.25) is 0 Å². The molecule has 2 aliphatic rings. The van der Waals surface area contributed by atoms with Gasteiger partial charge < -0.3 is 4.74 Å². The highest BCUT2D eigenvalue weighted by atomic mass is 79.9. The molecule has 0 bridgehead atoms. The van der Waals surface area contributed by atoms with Crippen LogP contribution in [0, 0.1) is 6.92 Å². The van der Waals surface area contributed by atoms with Crippen LogP contribution in [-0.4, -0.2) is 17.0 Å². The maximum atomic E-state index is 13.4. The minimum atomic E-state index is -4.72. The van der Waals surface area contributed by atoms with Crippen molar-refractivity contribution in [2.75, 3.05) is 0 Å². The van der Waals surface area contributed by atoms with Crippen LogP contribution in [0.1, 0.15) is 58.4 Å². The van der Waals surface area contributed by atoms with Crippen molar-refractivity contribution < 1.29 is 40.3 Å². The van der Waals surface area contributed by atoms with Gasteiger partial charge in [-0.05, 0) is 72.4 Å². The molecule has 0 radical (unpaired) electrons. The van der Waals surface area contributed by atoms with E-state index in [1.807, 2.05) is 0 Å². The number of benzene rings is 2. The summed E-state index contributed by atoms with van der Waals surface area (Å²) in [5.41, 5.74) is -1.56. The summed E-state index contributed by atoms with van der Waals surface area (Å²) in [6.07, 6.45) is -10.7. The number of ether oxygens (including phenoxy) is 1. The van der Waals surface area contributed by atoms with Crippen LogP contribution in [-0.2, 0) is 23.8 Å². The fraction of sp³-hybridized carbons (Fsp3) is 0.409. The zero-order valence-electron chi connectivity index (χ0n) is 17.0. The molecule has 2 aromatic rings. The Morgan fingerprint density at radius 1 is 1.00 bits per heavy atom. The highest BCUT2D eigenvalue weighted by Gasteiger charge is 2.51. The molecule has 2 fully saturated rings. The van der Waals surface area contributed by atoms with Gasteiger partial charge in [0, 0.05) is 4.47 Å². The molecule has 2 aromatic carbocycles.